The molecule has 1 unspecified atom stereocenters. The number of carbonyl (C=O) groups is 2. The third-order valence-electron chi connectivity index (χ3n) is 4.78. The van der Waals surface area contributed by atoms with E-state index in [0.29, 0.717) is 24.3 Å². The molecule has 1 N–H and O–H groups in total. The van der Waals surface area contributed by atoms with E-state index in [0.717, 1.165) is 6.42 Å². The molecule has 1 amide bonds. The summed E-state index contributed by atoms with van der Waals surface area (Å²) in [5.41, 5.74) is 0.413. The van der Waals surface area contributed by atoms with Crippen LogP contribution in [0.5, 0.6) is 5.75 Å². The van der Waals surface area contributed by atoms with Gasteiger partial charge in [-0.25, -0.2) is 4.39 Å². The summed E-state index contributed by atoms with van der Waals surface area (Å²) in [4.78, 5) is 26.7. The molecule has 1 atom stereocenters. The summed E-state index contributed by atoms with van der Waals surface area (Å²) in [6, 6.07) is 11.7. The molecule has 2 aromatic rings. The van der Waals surface area contributed by atoms with Crippen LogP contribution in [0.1, 0.15) is 43.9 Å². The lowest BCUT2D eigenvalue weighted by Crippen LogP contribution is -2.30. The molecule has 0 spiro atoms. The average molecular weight is 397 g/mol. The van der Waals surface area contributed by atoms with Gasteiger partial charge in [-0.3, -0.25) is 9.59 Å². The normalized spacial score (nSPS) is 18.3. The van der Waals surface area contributed by atoms with Gasteiger partial charge in [-0.1, -0.05) is 44.2 Å². The van der Waals surface area contributed by atoms with E-state index in [-0.39, 0.29) is 23.4 Å². The highest BCUT2D eigenvalue weighted by Crippen LogP contribution is 2.40. The summed E-state index contributed by atoms with van der Waals surface area (Å²) in [5, 5.41) is 11.0. The zero-order chi connectivity index (χ0) is 21.0. The van der Waals surface area contributed by atoms with Crippen molar-refractivity contribution in [1.82, 2.24) is 4.90 Å². The second kappa shape index (κ2) is 8.90. The maximum Gasteiger partial charge on any atom is 0.295 e. The molecule has 29 heavy (non-hydrogen) atoms. The van der Waals surface area contributed by atoms with Crippen molar-refractivity contribution in [3.8, 4) is 5.75 Å². The number of ketones is 1. The quantitative estimate of drug-likeness (QED) is 0.426. The van der Waals surface area contributed by atoms with Crippen LogP contribution in [-0.4, -0.2) is 34.8 Å². The molecule has 0 saturated carbocycles. The Bertz CT molecular complexity index is 953. The van der Waals surface area contributed by atoms with Crippen LogP contribution in [0.15, 0.2) is 54.1 Å². The zero-order valence-corrected chi connectivity index (χ0v) is 16.5. The molecule has 0 radical (unpaired) electrons. The maximum atomic E-state index is 14.6. The van der Waals surface area contributed by atoms with E-state index in [1.165, 1.54) is 17.0 Å². The van der Waals surface area contributed by atoms with E-state index in [1.807, 2.05) is 13.8 Å². The number of aliphatic hydroxyl groups is 1. The topological polar surface area (TPSA) is 66.8 Å². The Kier molecular flexibility index (Phi) is 6.32. The van der Waals surface area contributed by atoms with Gasteiger partial charge in [-0.15, -0.1) is 0 Å². The molecule has 1 fully saturated rings. The number of rotatable bonds is 7. The minimum atomic E-state index is -0.976. The fourth-order valence-electron chi connectivity index (χ4n) is 3.48. The molecule has 1 saturated heterocycles. The van der Waals surface area contributed by atoms with Gasteiger partial charge in [0.2, 0.25) is 0 Å². The lowest BCUT2D eigenvalue weighted by atomic mass is 9.95. The highest BCUT2D eigenvalue weighted by Gasteiger charge is 2.46. The first-order valence-corrected chi connectivity index (χ1v) is 9.75. The van der Waals surface area contributed by atoms with Gasteiger partial charge in [0, 0.05) is 17.7 Å². The van der Waals surface area contributed by atoms with Crippen LogP contribution >= 0.6 is 0 Å². The Morgan fingerprint density at radius 1 is 1.10 bits per heavy atom. The average Bonchev–Trinajstić information content (AvgIpc) is 2.97. The third kappa shape index (κ3) is 4.01. The minimum absolute atomic E-state index is 0.110. The Balaban J connectivity index is 2.14. The maximum absolute atomic E-state index is 14.6. The fraction of sp³-hybridized carbons (Fsp3) is 0.304. The molecule has 0 aliphatic carbocycles. The van der Waals surface area contributed by atoms with Crippen LogP contribution in [-0.2, 0) is 9.59 Å². The van der Waals surface area contributed by atoms with Gasteiger partial charge < -0.3 is 14.7 Å². The minimum Gasteiger partial charge on any atom is -0.507 e. The van der Waals surface area contributed by atoms with Gasteiger partial charge in [0.1, 0.15) is 17.3 Å². The molecule has 1 aliphatic heterocycles. The molecule has 152 valence electrons. The lowest BCUT2D eigenvalue weighted by molar-refractivity contribution is -0.139. The smallest absolute Gasteiger partial charge is 0.295 e. The standard InChI is InChI=1S/C23H24FNO4/c1-3-12-25-20(17-10-5-6-11-18(17)24)19(22(27)23(25)28)21(26)15-8-7-9-16(14-15)29-13-4-2/h5-11,14,20,26H,3-4,12-13H2,1-2H3/b21-19-. The number of benzene rings is 2. The Labute approximate surface area is 169 Å². The predicted octanol–water partition coefficient (Wildman–Crippen LogP) is 4.45. The lowest BCUT2D eigenvalue weighted by Gasteiger charge is -2.25. The molecule has 5 nitrogen and oxygen atoms in total. The summed E-state index contributed by atoms with van der Waals surface area (Å²) in [6.45, 7) is 4.64. The van der Waals surface area contributed by atoms with Crippen molar-refractivity contribution in [1.29, 1.82) is 0 Å². The zero-order valence-electron chi connectivity index (χ0n) is 16.5. The second-order valence-electron chi connectivity index (χ2n) is 6.89. The van der Waals surface area contributed by atoms with E-state index in [1.54, 1.807) is 36.4 Å². The van der Waals surface area contributed by atoms with Crippen LogP contribution in [0.25, 0.3) is 5.76 Å². The summed E-state index contributed by atoms with van der Waals surface area (Å²) in [6.07, 6.45) is 1.42. The molecule has 3 rings (SSSR count). The van der Waals surface area contributed by atoms with Gasteiger partial charge in [0.05, 0.1) is 18.2 Å². The molecular weight excluding hydrogens is 373 g/mol. The van der Waals surface area contributed by atoms with E-state index in [4.69, 9.17) is 4.74 Å². The number of amides is 1. The molecule has 1 heterocycles. The number of carbonyl (C=O) groups excluding carboxylic acids is 2. The van der Waals surface area contributed by atoms with Crippen molar-refractivity contribution in [3.05, 3.63) is 71.0 Å². The van der Waals surface area contributed by atoms with E-state index >= 15 is 0 Å². The number of Topliss-reactive ketones (excluding diaryl/α,β-unsaturated/α-hetero) is 1. The Hall–Kier alpha value is -3.15. The number of ether oxygens (including phenoxy) is 1. The van der Waals surface area contributed by atoms with Crippen LogP contribution in [0.4, 0.5) is 4.39 Å². The van der Waals surface area contributed by atoms with Crippen molar-refractivity contribution in [2.24, 2.45) is 0 Å². The van der Waals surface area contributed by atoms with Crippen molar-refractivity contribution < 1.29 is 23.8 Å². The van der Waals surface area contributed by atoms with Gasteiger partial charge in [0.15, 0.2) is 0 Å². The summed E-state index contributed by atoms with van der Waals surface area (Å²) >= 11 is 0. The van der Waals surface area contributed by atoms with E-state index in [2.05, 4.69) is 0 Å². The number of hydrogen-bond donors (Lipinski definition) is 1. The Morgan fingerprint density at radius 3 is 2.55 bits per heavy atom. The monoisotopic (exact) mass is 397 g/mol. The number of likely N-dealkylation sites (tertiary alicyclic amines) is 1. The number of nitrogens with zero attached hydrogens (tertiary/aromatic N) is 1. The van der Waals surface area contributed by atoms with Crippen molar-refractivity contribution in [3.63, 3.8) is 0 Å². The summed E-state index contributed by atoms with van der Waals surface area (Å²) in [5.74, 6) is -1.88. The fourth-order valence-corrected chi connectivity index (χ4v) is 3.48. The van der Waals surface area contributed by atoms with Crippen LogP contribution < -0.4 is 4.74 Å². The SMILES string of the molecule is CCCOc1cccc(/C(O)=C2/C(=O)C(=O)N(CCC)C2c2ccccc2F)c1. The largest absolute Gasteiger partial charge is 0.507 e. The molecule has 0 bridgehead atoms. The van der Waals surface area contributed by atoms with Crippen LogP contribution in [0.2, 0.25) is 0 Å². The highest BCUT2D eigenvalue weighted by atomic mass is 19.1. The van der Waals surface area contributed by atoms with Crippen LogP contribution in [0, 0.1) is 5.82 Å². The van der Waals surface area contributed by atoms with Gasteiger partial charge in [0.25, 0.3) is 11.7 Å². The first-order chi connectivity index (χ1) is 14.0. The first kappa shape index (κ1) is 20.6. The number of aliphatic hydroxyl groups excluding tert-OH is 1. The van der Waals surface area contributed by atoms with Gasteiger partial charge >= 0.3 is 0 Å². The van der Waals surface area contributed by atoms with Gasteiger partial charge in [-0.05, 0) is 31.0 Å². The molecule has 0 aromatic heterocycles. The molecule has 2 aromatic carbocycles. The highest BCUT2D eigenvalue weighted by molar-refractivity contribution is 6.46. The third-order valence-corrected chi connectivity index (χ3v) is 4.78. The van der Waals surface area contributed by atoms with E-state index < -0.39 is 23.5 Å². The van der Waals surface area contributed by atoms with Crippen LogP contribution in [0.3, 0.4) is 0 Å². The van der Waals surface area contributed by atoms with Crippen molar-refractivity contribution in [2.75, 3.05) is 13.2 Å². The number of hydrogen-bond acceptors (Lipinski definition) is 4. The van der Waals surface area contributed by atoms with Gasteiger partial charge in [-0.2, -0.15) is 0 Å². The molecule has 1 aliphatic rings. The predicted molar refractivity (Wildman–Crippen MR) is 108 cm³/mol. The molecule has 6 heteroatoms. The second-order valence-corrected chi connectivity index (χ2v) is 6.89. The molecular formula is C23H24FNO4. The van der Waals surface area contributed by atoms with Crippen molar-refractivity contribution >= 4 is 17.4 Å². The Morgan fingerprint density at radius 2 is 1.86 bits per heavy atom. The number of halogens is 1. The first-order valence-electron chi connectivity index (χ1n) is 9.75. The van der Waals surface area contributed by atoms with E-state index in [9.17, 15) is 19.1 Å². The van der Waals surface area contributed by atoms with Crippen molar-refractivity contribution in [2.45, 2.75) is 32.7 Å². The summed E-state index contributed by atoms with van der Waals surface area (Å²) < 4.78 is 20.2. The summed E-state index contributed by atoms with van der Waals surface area (Å²) in [7, 11) is 0.